The number of carbonyl (C=O) groups excluding carboxylic acids is 1. The average molecular weight is 256 g/mol. The lowest BCUT2D eigenvalue weighted by atomic mass is 10.1. The first-order valence-electron chi connectivity index (χ1n) is 4.10. The number of hydrogen-bond acceptors (Lipinski definition) is 3. The Morgan fingerprint density at radius 1 is 1.43 bits per heavy atom. The van der Waals surface area contributed by atoms with Gasteiger partial charge in [0.2, 0.25) is 0 Å². The highest BCUT2D eigenvalue weighted by Gasteiger charge is 2.06. The highest BCUT2D eigenvalue weighted by Crippen LogP contribution is 2.12. The molecule has 0 heterocycles. The number of halogens is 1. The van der Waals surface area contributed by atoms with Gasteiger partial charge >= 0.3 is 0 Å². The van der Waals surface area contributed by atoms with E-state index in [2.05, 4.69) is 21.1 Å². The minimum atomic E-state index is -0.0483. The summed E-state index contributed by atoms with van der Waals surface area (Å²) in [6.07, 6.45) is 0.151. The average Bonchev–Trinajstić information content (AvgIpc) is 2.18. The summed E-state index contributed by atoms with van der Waals surface area (Å²) < 4.78 is 0.932. The second kappa shape index (κ2) is 4.91. The summed E-state index contributed by atoms with van der Waals surface area (Å²) in [5.41, 5.74) is 1.04. The summed E-state index contributed by atoms with van der Waals surface area (Å²) in [7, 11) is 0. The molecule has 1 N–H and O–H groups in total. The molecule has 0 aromatic heterocycles. The number of carbonyl (C=O) groups is 1. The summed E-state index contributed by atoms with van der Waals surface area (Å²) in [4.78, 5) is 11.5. The predicted octanol–water partition coefficient (Wildman–Crippen LogP) is 2.87. The first-order valence-corrected chi connectivity index (χ1v) is 4.89. The SMILES string of the molecule is CC(CC(=O)c1ccc(Br)cc1)=NO. The summed E-state index contributed by atoms with van der Waals surface area (Å²) in [6.45, 7) is 1.61. The van der Waals surface area contributed by atoms with Gasteiger partial charge in [-0.1, -0.05) is 33.2 Å². The molecule has 74 valence electrons. The molecule has 3 nitrogen and oxygen atoms in total. The molecule has 14 heavy (non-hydrogen) atoms. The number of benzene rings is 1. The molecule has 0 atom stereocenters. The van der Waals surface area contributed by atoms with Gasteiger partial charge in [-0.3, -0.25) is 4.79 Å². The van der Waals surface area contributed by atoms with Crippen molar-refractivity contribution in [2.75, 3.05) is 0 Å². The predicted molar refractivity (Wildman–Crippen MR) is 58.0 cm³/mol. The molecule has 0 aliphatic heterocycles. The van der Waals surface area contributed by atoms with Crippen molar-refractivity contribution in [2.24, 2.45) is 5.16 Å². The molecule has 0 saturated carbocycles. The van der Waals surface area contributed by atoms with Crippen LogP contribution in [0.4, 0.5) is 0 Å². The Bertz CT molecular complexity index is 357. The third kappa shape index (κ3) is 2.96. The van der Waals surface area contributed by atoms with E-state index in [0.29, 0.717) is 11.3 Å². The fourth-order valence-electron chi connectivity index (χ4n) is 1.01. The van der Waals surface area contributed by atoms with Crippen LogP contribution in [-0.4, -0.2) is 16.7 Å². The summed E-state index contributed by atoms with van der Waals surface area (Å²) in [5, 5.41) is 11.4. The van der Waals surface area contributed by atoms with Crippen LogP contribution in [0.1, 0.15) is 23.7 Å². The maximum atomic E-state index is 11.5. The highest BCUT2D eigenvalue weighted by atomic mass is 79.9. The van der Waals surface area contributed by atoms with Crippen molar-refractivity contribution in [2.45, 2.75) is 13.3 Å². The van der Waals surface area contributed by atoms with Crippen molar-refractivity contribution in [1.82, 2.24) is 0 Å². The van der Waals surface area contributed by atoms with Gasteiger partial charge in [0.05, 0.1) is 12.1 Å². The first-order chi connectivity index (χ1) is 6.63. The number of Topliss-reactive ketones (excluding diaryl/α,β-unsaturated/α-hetero) is 1. The van der Waals surface area contributed by atoms with Gasteiger partial charge in [0.1, 0.15) is 0 Å². The maximum absolute atomic E-state index is 11.5. The van der Waals surface area contributed by atoms with E-state index in [0.717, 1.165) is 4.47 Å². The van der Waals surface area contributed by atoms with Crippen LogP contribution in [-0.2, 0) is 0 Å². The lowest BCUT2D eigenvalue weighted by Crippen LogP contribution is -2.04. The van der Waals surface area contributed by atoms with Gasteiger partial charge in [-0.15, -0.1) is 0 Å². The van der Waals surface area contributed by atoms with Gasteiger partial charge < -0.3 is 5.21 Å². The Labute approximate surface area is 90.6 Å². The molecule has 1 aromatic carbocycles. The topological polar surface area (TPSA) is 49.7 Å². The molecular formula is C10H10BrNO2. The molecule has 0 bridgehead atoms. The van der Waals surface area contributed by atoms with Crippen LogP contribution in [0.3, 0.4) is 0 Å². The van der Waals surface area contributed by atoms with E-state index in [1.165, 1.54) is 0 Å². The minimum Gasteiger partial charge on any atom is -0.411 e. The quantitative estimate of drug-likeness (QED) is 0.391. The zero-order chi connectivity index (χ0) is 10.6. The number of hydrogen-bond donors (Lipinski definition) is 1. The zero-order valence-corrected chi connectivity index (χ0v) is 9.28. The molecule has 0 saturated heterocycles. The van der Waals surface area contributed by atoms with Gasteiger partial charge in [-0.2, -0.15) is 0 Å². The summed E-state index contributed by atoms with van der Waals surface area (Å²) >= 11 is 3.28. The van der Waals surface area contributed by atoms with Gasteiger partial charge in [0, 0.05) is 10.0 Å². The van der Waals surface area contributed by atoms with E-state index in [1.807, 2.05) is 0 Å². The summed E-state index contributed by atoms with van der Waals surface area (Å²) in [6, 6.07) is 7.07. The second-order valence-electron chi connectivity index (χ2n) is 2.94. The second-order valence-corrected chi connectivity index (χ2v) is 3.86. The van der Waals surface area contributed by atoms with E-state index in [9.17, 15) is 4.79 Å². The molecule has 1 aromatic rings. The van der Waals surface area contributed by atoms with Crippen molar-refractivity contribution in [3.63, 3.8) is 0 Å². The fourth-order valence-corrected chi connectivity index (χ4v) is 1.27. The maximum Gasteiger partial charge on any atom is 0.168 e. The normalized spacial score (nSPS) is 11.4. The van der Waals surface area contributed by atoms with E-state index in [-0.39, 0.29) is 12.2 Å². The monoisotopic (exact) mass is 255 g/mol. The van der Waals surface area contributed by atoms with Gasteiger partial charge in [-0.05, 0) is 19.1 Å². The fraction of sp³-hybridized carbons (Fsp3) is 0.200. The number of nitrogens with zero attached hydrogens (tertiary/aromatic N) is 1. The lowest BCUT2D eigenvalue weighted by molar-refractivity contribution is 0.0999. The van der Waals surface area contributed by atoms with Crippen molar-refractivity contribution in [3.05, 3.63) is 34.3 Å². The molecule has 0 radical (unpaired) electrons. The molecule has 0 aliphatic rings. The van der Waals surface area contributed by atoms with E-state index in [1.54, 1.807) is 31.2 Å². The first kappa shape index (κ1) is 10.9. The number of oxime groups is 1. The Balaban J connectivity index is 2.75. The van der Waals surface area contributed by atoms with Crippen LogP contribution in [0, 0.1) is 0 Å². The molecule has 0 unspecified atom stereocenters. The molecular weight excluding hydrogens is 246 g/mol. The highest BCUT2D eigenvalue weighted by molar-refractivity contribution is 9.10. The minimum absolute atomic E-state index is 0.0483. The van der Waals surface area contributed by atoms with Crippen LogP contribution in [0.2, 0.25) is 0 Å². The standard InChI is InChI=1S/C10H10BrNO2/c1-7(12-14)6-10(13)8-2-4-9(11)5-3-8/h2-5,14H,6H2,1H3. The van der Waals surface area contributed by atoms with Gasteiger partial charge in [-0.25, -0.2) is 0 Å². The van der Waals surface area contributed by atoms with E-state index in [4.69, 9.17) is 5.21 Å². The molecule has 0 spiro atoms. The van der Waals surface area contributed by atoms with E-state index < -0.39 is 0 Å². The van der Waals surface area contributed by atoms with Crippen LogP contribution in [0.25, 0.3) is 0 Å². The van der Waals surface area contributed by atoms with Crippen molar-refractivity contribution >= 4 is 27.4 Å². The van der Waals surface area contributed by atoms with E-state index >= 15 is 0 Å². The van der Waals surface area contributed by atoms with Crippen molar-refractivity contribution in [3.8, 4) is 0 Å². The Kier molecular flexibility index (Phi) is 3.83. The Hall–Kier alpha value is -1.16. The van der Waals surface area contributed by atoms with Gasteiger partial charge in [0.15, 0.2) is 5.78 Å². The van der Waals surface area contributed by atoms with Crippen molar-refractivity contribution in [1.29, 1.82) is 0 Å². The summed E-state index contributed by atoms with van der Waals surface area (Å²) in [5.74, 6) is -0.0483. The smallest absolute Gasteiger partial charge is 0.168 e. The van der Waals surface area contributed by atoms with Gasteiger partial charge in [0.25, 0.3) is 0 Å². The Morgan fingerprint density at radius 3 is 2.50 bits per heavy atom. The van der Waals surface area contributed by atoms with Crippen molar-refractivity contribution < 1.29 is 10.0 Å². The van der Waals surface area contributed by atoms with Crippen LogP contribution >= 0.6 is 15.9 Å². The zero-order valence-electron chi connectivity index (χ0n) is 7.70. The third-order valence-corrected chi connectivity index (χ3v) is 2.28. The van der Waals surface area contributed by atoms with Crippen LogP contribution in [0.15, 0.2) is 33.9 Å². The largest absolute Gasteiger partial charge is 0.411 e. The molecule has 1 rings (SSSR count). The molecule has 0 aliphatic carbocycles. The number of ketones is 1. The number of rotatable bonds is 3. The Morgan fingerprint density at radius 2 is 2.00 bits per heavy atom. The lowest BCUT2D eigenvalue weighted by Gasteiger charge is -1.99. The molecule has 4 heteroatoms. The molecule has 0 amide bonds. The third-order valence-electron chi connectivity index (χ3n) is 1.75. The van der Waals surface area contributed by atoms with Crippen LogP contribution in [0.5, 0.6) is 0 Å². The van der Waals surface area contributed by atoms with Crippen LogP contribution < -0.4 is 0 Å². The molecule has 0 fully saturated rings.